The van der Waals surface area contributed by atoms with Crippen LogP contribution in [0, 0.1) is 22.7 Å². The van der Waals surface area contributed by atoms with E-state index in [2.05, 4.69) is 6.07 Å². The maximum absolute atomic E-state index is 12.7. The molecule has 0 N–H and O–H groups in total. The Balaban J connectivity index is 2.38. The van der Waals surface area contributed by atoms with Gasteiger partial charge in [-0.05, 0) is 19.8 Å². The van der Waals surface area contributed by atoms with Gasteiger partial charge in [-0.1, -0.05) is 19.3 Å². The molecule has 0 aliphatic heterocycles. The average molecular weight is 343 g/mol. The van der Waals surface area contributed by atoms with Crippen LogP contribution in [0.1, 0.15) is 44.6 Å². The molecule has 0 atom stereocenters. The van der Waals surface area contributed by atoms with Crippen molar-refractivity contribution in [2.45, 2.75) is 57.7 Å². The van der Waals surface area contributed by atoms with Crippen molar-refractivity contribution in [3.05, 3.63) is 32.6 Å². The highest BCUT2D eigenvalue weighted by molar-refractivity contribution is 5.77. The molecule has 25 heavy (non-hydrogen) atoms. The highest BCUT2D eigenvalue weighted by Crippen LogP contribution is 2.32. The number of nitrogens with zero attached hydrogens (tertiary/aromatic N) is 5. The van der Waals surface area contributed by atoms with Gasteiger partial charge in [0, 0.05) is 19.8 Å². The molecular weight excluding hydrogens is 322 g/mol. The molecule has 1 aromatic heterocycles. The number of carbonyl (C=O) groups excluding carboxylic acids is 1. The molecule has 2 rings (SSSR count). The van der Waals surface area contributed by atoms with E-state index in [0.29, 0.717) is 12.8 Å². The van der Waals surface area contributed by atoms with Gasteiger partial charge in [0.05, 0.1) is 6.07 Å². The third-order valence-electron chi connectivity index (χ3n) is 4.90. The molecule has 1 amide bonds. The zero-order valence-corrected chi connectivity index (χ0v) is 14.5. The predicted molar refractivity (Wildman–Crippen MR) is 89.6 cm³/mol. The number of aromatic nitrogens is 2. The fourth-order valence-corrected chi connectivity index (χ4v) is 3.24. The van der Waals surface area contributed by atoms with E-state index in [4.69, 9.17) is 5.26 Å². The molecular formula is C17H21N5O3. The molecule has 1 aromatic rings. The maximum atomic E-state index is 12.7. The maximum Gasteiger partial charge on any atom is 0.331 e. The summed E-state index contributed by atoms with van der Waals surface area (Å²) in [5.41, 5.74) is -2.50. The van der Waals surface area contributed by atoms with Crippen LogP contribution in [0.3, 0.4) is 0 Å². The molecule has 0 saturated heterocycles. The lowest BCUT2D eigenvalue weighted by Crippen LogP contribution is -2.52. The number of hydrogen-bond acceptors (Lipinski definition) is 5. The normalized spacial score (nSPS) is 15.8. The molecule has 0 radical (unpaired) electrons. The molecule has 132 valence electrons. The first-order chi connectivity index (χ1) is 11.9. The highest BCUT2D eigenvalue weighted by atomic mass is 16.2. The van der Waals surface area contributed by atoms with E-state index >= 15 is 0 Å². The van der Waals surface area contributed by atoms with Crippen molar-refractivity contribution in [3.63, 3.8) is 0 Å². The average Bonchev–Trinajstić information content (AvgIpc) is 2.65. The fraction of sp³-hybridized carbons (Fsp3) is 0.588. The minimum absolute atomic E-state index is 0.190. The van der Waals surface area contributed by atoms with Gasteiger partial charge in [-0.3, -0.25) is 14.2 Å². The Morgan fingerprint density at radius 2 is 1.92 bits per heavy atom. The molecule has 1 saturated carbocycles. The zero-order valence-electron chi connectivity index (χ0n) is 14.5. The number of carbonyl (C=O) groups is 1. The van der Waals surface area contributed by atoms with Gasteiger partial charge in [0.25, 0.3) is 5.56 Å². The lowest BCUT2D eigenvalue weighted by molar-refractivity contribution is -0.135. The minimum Gasteiger partial charge on any atom is -0.325 e. The molecule has 0 spiro atoms. The molecule has 0 unspecified atom stereocenters. The summed E-state index contributed by atoms with van der Waals surface area (Å²) in [6.07, 6.45) is 5.11. The first-order valence-corrected chi connectivity index (χ1v) is 8.32. The smallest absolute Gasteiger partial charge is 0.325 e. The SMILES string of the molecule is CCn1cc(C#N)c(=O)n(CC(=O)N(C)C2(C#N)CCCCC2)c1=O. The number of hydrogen-bond donors (Lipinski definition) is 0. The van der Waals surface area contributed by atoms with E-state index in [9.17, 15) is 19.6 Å². The second-order valence-electron chi connectivity index (χ2n) is 6.27. The predicted octanol–water partition coefficient (Wildman–Crippen LogP) is 0.586. The first-order valence-electron chi connectivity index (χ1n) is 8.32. The van der Waals surface area contributed by atoms with Crippen LogP contribution in [0.5, 0.6) is 0 Å². The third kappa shape index (κ3) is 3.34. The Hall–Kier alpha value is -2.87. The van der Waals surface area contributed by atoms with Crippen molar-refractivity contribution >= 4 is 5.91 Å². The van der Waals surface area contributed by atoms with Gasteiger partial charge in [0.1, 0.15) is 23.7 Å². The Kier molecular flexibility index (Phi) is 5.43. The van der Waals surface area contributed by atoms with Crippen LogP contribution in [0.4, 0.5) is 0 Å². The van der Waals surface area contributed by atoms with Gasteiger partial charge < -0.3 is 4.90 Å². The van der Waals surface area contributed by atoms with Crippen LogP contribution in [0.15, 0.2) is 15.8 Å². The number of amides is 1. The molecule has 8 nitrogen and oxygen atoms in total. The molecule has 1 fully saturated rings. The second-order valence-corrected chi connectivity index (χ2v) is 6.27. The van der Waals surface area contributed by atoms with E-state index < -0.39 is 29.2 Å². The van der Waals surface area contributed by atoms with E-state index in [1.54, 1.807) is 13.0 Å². The lowest BCUT2D eigenvalue weighted by Gasteiger charge is -2.39. The summed E-state index contributed by atoms with van der Waals surface area (Å²) in [6, 6.07) is 3.99. The van der Waals surface area contributed by atoms with Gasteiger partial charge in [-0.15, -0.1) is 0 Å². The Bertz CT molecular complexity index is 862. The van der Waals surface area contributed by atoms with Gasteiger partial charge >= 0.3 is 5.69 Å². The van der Waals surface area contributed by atoms with Gasteiger partial charge in [0.2, 0.25) is 5.91 Å². The Labute approximate surface area is 145 Å². The van der Waals surface area contributed by atoms with E-state index in [1.165, 1.54) is 22.7 Å². The lowest BCUT2D eigenvalue weighted by atomic mass is 9.81. The number of nitriles is 2. The Morgan fingerprint density at radius 1 is 1.28 bits per heavy atom. The van der Waals surface area contributed by atoms with E-state index in [-0.39, 0.29) is 12.1 Å². The van der Waals surface area contributed by atoms with Crippen LogP contribution in [0.25, 0.3) is 0 Å². The van der Waals surface area contributed by atoms with Crippen molar-refractivity contribution in [2.24, 2.45) is 0 Å². The standard InChI is InChI=1S/C17H21N5O3/c1-3-21-10-13(9-18)15(24)22(16(21)25)11-14(23)20(2)17(12-19)7-5-4-6-8-17/h10H,3-8,11H2,1-2H3. The molecule has 1 heterocycles. The molecule has 0 aromatic carbocycles. The van der Waals surface area contributed by atoms with E-state index in [0.717, 1.165) is 23.8 Å². The minimum atomic E-state index is -0.893. The summed E-state index contributed by atoms with van der Waals surface area (Å²) >= 11 is 0. The Morgan fingerprint density at radius 3 is 2.44 bits per heavy atom. The topological polar surface area (TPSA) is 112 Å². The highest BCUT2D eigenvalue weighted by Gasteiger charge is 2.39. The second kappa shape index (κ2) is 7.35. The third-order valence-corrected chi connectivity index (χ3v) is 4.90. The number of aryl methyl sites for hydroxylation is 1. The van der Waals surface area contributed by atoms with Crippen molar-refractivity contribution in [1.82, 2.24) is 14.0 Å². The van der Waals surface area contributed by atoms with Crippen molar-refractivity contribution in [2.75, 3.05) is 7.05 Å². The van der Waals surface area contributed by atoms with E-state index in [1.807, 2.05) is 0 Å². The largest absolute Gasteiger partial charge is 0.331 e. The van der Waals surface area contributed by atoms with Gasteiger partial charge in [-0.2, -0.15) is 10.5 Å². The summed E-state index contributed by atoms with van der Waals surface area (Å²) in [5, 5.41) is 18.6. The number of rotatable bonds is 4. The van der Waals surface area contributed by atoms with Gasteiger partial charge in [-0.25, -0.2) is 9.36 Å². The van der Waals surface area contributed by atoms with Crippen LogP contribution in [0.2, 0.25) is 0 Å². The zero-order chi connectivity index (χ0) is 18.6. The molecule has 8 heteroatoms. The molecule has 1 aliphatic rings. The number of likely N-dealkylation sites (N-methyl/N-ethyl adjacent to an activating group) is 1. The van der Waals surface area contributed by atoms with Crippen LogP contribution >= 0.6 is 0 Å². The fourth-order valence-electron chi connectivity index (χ4n) is 3.24. The van der Waals surface area contributed by atoms with Crippen molar-refractivity contribution < 1.29 is 4.79 Å². The van der Waals surface area contributed by atoms with Crippen molar-refractivity contribution in [1.29, 1.82) is 10.5 Å². The summed E-state index contributed by atoms with van der Waals surface area (Å²) in [4.78, 5) is 38.6. The van der Waals surface area contributed by atoms with Crippen LogP contribution < -0.4 is 11.2 Å². The van der Waals surface area contributed by atoms with Crippen molar-refractivity contribution in [3.8, 4) is 12.1 Å². The summed E-state index contributed by atoms with van der Waals surface area (Å²) in [5.74, 6) is -0.486. The van der Waals surface area contributed by atoms with Crippen LogP contribution in [-0.2, 0) is 17.9 Å². The first kappa shape index (κ1) is 18.5. The molecule has 1 aliphatic carbocycles. The quantitative estimate of drug-likeness (QED) is 0.794. The summed E-state index contributed by atoms with van der Waals surface area (Å²) in [7, 11) is 1.54. The molecule has 0 bridgehead atoms. The monoisotopic (exact) mass is 343 g/mol. The van der Waals surface area contributed by atoms with Gasteiger partial charge in [0.15, 0.2) is 0 Å². The summed E-state index contributed by atoms with van der Waals surface area (Å²) in [6.45, 7) is 1.51. The van der Waals surface area contributed by atoms with Crippen LogP contribution in [-0.4, -0.2) is 32.5 Å². The summed E-state index contributed by atoms with van der Waals surface area (Å²) < 4.78 is 1.99.